The molecule has 1 atom stereocenters. The van der Waals surface area contributed by atoms with Crippen LogP contribution in [0.25, 0.3) is 0 Å². The Morgan fingerprint density at radius 2 is 2.00 bits per heavy atom. The summed E-state index contributed by atoms with van der Waals surface area (Å²) in [4.78, 5) is 10.4. The van der Waals surface area contributed by atoms with Crippen LogP contribution in [0.1, 0.15) is 33.1 Å². The van der Waals surface area contributed by atoms with Gasteiger partial charge in [0.2, 0.25) is 5.91 Å². The van der Waals surface area contributed by atoms with Crippen molar-refractivity contribution in [3.8, 4) is 0 Å². The van der Waals surface area contributed by atoms with E-state index in [0.29, 0.717) is 13.0 Å². The first-order valence-electron chi connectivity index (χ1n) is 5.59. The van der Waals surface area contributed by atoms with Gasteiger partial charge in [0.15, 0.2) is 9.84 Å². The van der Waals surface area contributed by atoms with Gasteiger partial charge in [-0.2, -0.15) is 0 Å². The second-order valence-electron chi connectivity index (χ2n) is 3.98. The number of carbonyl (C=O) groups excluding carboxylic acids is 1. The van der Waals surface area contributed by atoms with Gasteiger partial charge in [-0.25, -0.2) is 8.42 Å². The molecule has 0 spiro atoms. The highest BCUT2D eigenvalue weighted by atomic mass is 32.2. The minimum atomic E-state index is -2.91. The zero-order valence-corrected chi connectivity index (χ0v) is 10.8. The maximum absolute atomic E-state index is 11.3. The lowest BCUT2D eigenvalue weighted by molar-refractivity contribution is -0.118. The van der Waals surface area contributed by atoms with Gasteiger partial charge in [0.25, 0.3) is 0 Å². The highest BCUT2D eigenvalue weighted by Gasteiger charge is 2.12. The van der Waals surface area contributed by atoms with Crippen LogP contribution in [0.2, 0.25) is 0 Å². The molecular weight excluding hydrogens is 228 g/mol. The van der Waals surface area contributed by atoms with Crippen molar-refractivity contribution in [2.24, 2.45) is 5.73 Å². The highest BCUT2D eigenvalue weighted by molar-refractivity contribution is 7.91. The van der Waals surface area contributed by atoms with Gasteiger partial charge < -0.3 is 11.1 Å². The normalized spacial score (nSPS) is 13.6. The molecule has 0 aromatic rings. The summed E-state index contributed by atoms with van der Waals surface area (Å²) in [6.45, 7) is 4.21. The van der Waals surface area contributed by atoms with Crippen molar-refractivity contribution in [2.45, 2.75) is 39.2 Å². The monoisotopic (exact) mass is 250 g/mol. The SMILES string of the molecule is CCS(=O)(=O)CC(C)NCCCCC(N)=O. The topological polar surface area (TPSA) is 89.3 Å². The molecule has 0 radical (unpaired) electrons. The lowest BCUT2D eigenvalue weighted by Gasteiger charge is -2.13. The summed E-state index contributed by atoms with van der Waals surface area (Å²) < 4.78 is 22.6. The molecule has 0 saturated heterocycles. The van der Waals surface area contributed by atoms with Crippen LogP contribution < -0.4 is 11.1 Å². The largest absolute Gasteiger partial charge is 0.370 e. The van der Waals surface area contributed by atoms with E-state index in [1.165, 1.54) is 0 Å². The zero-order valence-electron chi connectivity index (χ0n) is 10.0. The number of hydrogen-bond acceptors (Lipinski definition) is 4. The van der Waals surface area contributed by atoms with E-state index in [9.17, 15) is 13.2 Å². The fourth-order valence-electron chi connectivity index (χ4n) is 1.33. The fraction of sp³-hybridized carbons (Fsp3) is 0.900. The molecule has 0 rings (SSSR count). The molecule has 0 aliphatic carbocycles. The van der Waals surface area contributed by atoms with Crippen LogP contribution in [-0.4, -0.2) is 38.4 Å². The number of amides is 1. The number of nitrogens with one attached hydrogen (secondary N) is 1. The maximum Gasteiger partial charge on any atom is 0.217 e. The van der Waals surface area contributed by atoms with Crippen molar-refractivity contribution in [1.29, 1.82) is 0 Å². The summed E-state index contributed by atoms with van der Waals surface area (Å²) in [7, 11) is -2.91. The average Bonchev–Trinajstić information content (AvgIpc) is 2.16. The minimum absolute atomic E-state index is 0.0430. The third kappa shape index (κ3) is 8.67. The van der Waals surface area contributed by atoms with Crippen molar-refractivity contribution in [3.05, 3.63) is 0 Å². The first kappa shape index (κ1) is 15.4. The Hall–Kier alpha value is -0.620. The molecule has 96 valence electrons. The predicted octanol–water partition coefficient (Wildman–Crippen LogP) is 0.0548. The third-order valence-corrected chi connectivity index (χ3v) is 4.17. The molecule has 16 heavy (non-hydrogen) atoms. The van der Waals surface area contributed by atoms with Crippen LogP contribution in [0.5, 0.6) is 0 Å². The molecule has 0 saturated carbocycles. The molecule has 1 amide bonds. The summed E-state index contributed by atoms with van der Waals surface area (Å²) in [6, 6.07) is -0.0430. The van der Waals surface area contributed by atoms with E-state index in [2.05, 4.69) is 5.32 Å². The molecular formula is C10H22N2O3S. The van der Waals surface area contributed by atoms with Gasteiger partial charge >= 0.3 is 0 Å². The van der Waals surface area contributed by atoms with E-state index >= 15 is 0 Å². The zero-order chi connectivity index (χ0) is 12.6. The Balaban J connectivity index is 3.59. The lowest BCUT2D eigenvalue weighted by Crippen LogP contribution is -2.34. The van der Waals surface area contributed by atoms with Crippen LogP contribution in [-0.2, 0) is 14.6 Å². The Kier molecular flexibility index (Phi) is 7.33. The molecule has 0 heterocycles. The van der Waals surface area contributed by atoms with E-state index in [-0.39, 0.29) is 23.5 Å². The standard InChI is InChI=1S/C10H22N2O3S/c1-3-16(14,15)8-9(2)12-7-5-4-6-10(11)13/h9,12H,3-8H2,1-2H3,(H2,11,13). The summed E-state index contributed by atoms with van der Waals surface area (Å²) in [6.07, 6.45) is 1.97. The Labute approximate surface area is 97.7 Å². The van der Waals surface area contributed by atoms with Crippen molar-refractivity contribution in [2.75, 3.05) is 18.1 Å². The second-order valence-corrected chi connectivity index (χ2v) is 6.38. The van der Waals surface area contributed by atoms with E-state index in [0.717, 1.165) is 12.8 Å². The summed E-state index contributed by atoms with van der Waals surface area (Å²) >= 11 is 0. The molecule has 1 unspecified atom stereocenters. The highest BCUT2D eigenvalue weighted by Crippen LogP contribution is 1.96. The quantitative estimate of drug-likeness (QED) is 0.566. The van der Waals surface area contributed by atoms with Gasteiger partial charge in [-0.15, -0.1) is 0 Å². The second kappa shape index (κ2) is 7.62. The lowest BCUT2D eigenvalue weighted by atomic mass is 10.2. The van der Waals surface area contributed by atoms with Gasteiger partial charge in [0.05, 0.1) is 5.75 Å². The number of rotatable bonds is 9. The molecule has 0 aliphatic rings. The molecule has 0 bridgehead atoms. The molecule has 0 fully saturated rings. The molecule has 3 N–H and O–H groups in total. The molecule has 0 aliphatic heterocycles. The minimum Gasteiger partial charge on any atom is -0.370 e. The Bertz CT molecular complexity index is 301. The molecule has 5 nitrogen and oxygen atoms in total. The summed E-state index contributed by atoms with van der Waals surface area (Å²) in [5.41, 5.74) is 5.00. The number of carbonyl (C=O) groups is 1. The van der Waals surface area contributed by atoms with E-state index in [4.69, 9.17) is 5.73 Å². The van der Waals surface area contributed by atoms with Gasteiger partial charge in [0, 0.05) is 18.2 Å². The van der Waals surface area contributed by atoms with Crippen LogP contribution in [0, 0.1) is 0 Å². The van der Waals surface area contributed by atoms with Gasteiger partial charge in [-0.3, -0.25) is 4.79 Å². The molecule has 6 heteroatoms. The predicted molar refractivity (Wildman–Crippen MR) is 64.8 cm³/mol. The maximum atomic E-state index is 11.3. The summed E-state index contributed by atoms with van der Waals surface area (Å²) in [5.74, 6) is 0.0571. The fourth-order valence-corrected chi connectivity index (χ4v) is 2.45. The van der Waals surface area contributed by atoms with E-state index in [1.807, 2.05) is 6.92 Å². The van der Waals surface area contributed by atoms with Crippen molar-refractivity contribution in [3.63, 3.8) is 0 Å². The van der Waals surface area contributed by atoms with Crippen LogP contribution >= 0.6 is 0 Å². The first-order valence-corrected chi connectivity index (χ1v) is 7.41. The van der Waals surface area contributed by atoms with Gasteiger partial charge in [-0.05, 0) is 26.3 Å². The third-order valence-electron chi connectivity index (χ3n) is 2.29. The average molecular weight is 250 g/mol. The van der Waals surface area contributed by atoms with Crippen molar-refractivity contribution >= 4 is 15.7 Å². The molecule has 0 aromatic carbocycles. The van der Waals surface area contributed by atoms with Crippen molar-refractivity contribution < 1.29 is 13.2 Å². The van der Waals surface area contributed by atoms with Crippen LogP contribution in [0.15, 0.2) is 0 Å². The van der Waals surface area contributed by atoms with E-state index < -0.39 is 9.84 Å². The van der Waals surface area contributed by atoms with Gasteiger partial charge in [-0.1, -0.05) is 6.92 Å². The first-order chi connectivity index (χ1) is 7.37. The number of sulfone groups is 1. The number of primary amides is 1. The Morgan fingerprint density at radius 3 is 2.50 bits per heavy atom. The van der Waals surface area contributed by atoms with Gasteiger partial charge in [0.1, 0.15) is 0 Å². The van der Waals surface area contributed by atoms with Crippen molar-refractivity contribution in [1.82, 2.24) is 5.32 Å². The number of nitrogens with two attached hydrogens (primary N) is 1. The Morgan fingerprint density at radius 1 is 1.38 bits per heavy atom. The smallest absolute Gasteiger partial charge is 0.217 e. The molecule has 0 aromatic heterocycles. The van der Waals surface area contributed by atoms with Crippen LogP contribution in [0.4, 0.5) is 0 Å². The number of hydrogen-bond donors (Lipinski definition) is 2. The number of unbranched alkanes of at least 4 members (excludes halogenated alkanes) is 1. The van der Waals surface area contributed by atoms with Crippen LogP contribution in [0.3, 0.4) is 0 Å². The van der Waals surface area contributed by atoms with E-state index in [1.54, 1.807) is 6.92 Å². The summed E-state index contributed by atoms with van der Waals surface area (Å²) in [5, 5.41) is 3.12.